The van der Waals surface area contributed by atoms with Gasteiger partial charge in [-0.1, -0.05) is 23.8 Å². The number of fused-ring (bicyclic) bond motifs is 1. The molecule has 0 saturated carbocycles. The minimum absolute atomic E-state index is 0.303. The van der Waals surface area contributed by atoms with Crippen LogP contribution in [0, 0.1) is 12.7 Å². The third kappa shape index (κ3) is 3.54. The smallest absolute Gasteiger partial charge is 0.234 e. The molecule has 4 aromatic rings. The molecule has 0 aliphatic heterocycles. The fraction of sp³-hybridized carbons (Fsp3) is 0.174. The Morgan fingerprint density at radius 3 is 2.62 bits per heavy atom. The van der Waals surface area contributed by atoms with Gasteiger partial charge in [0.15, 0.2) is 0 Å². The number of hydrogen-bond acceptors (Lipinski definition) is 4. The second kappa shape index (κ2) is 7.56. The van der Waals surface area contributed by atoms with Crippen LogP contribution in [0.25, 0.3) is 28.0 Å². The normalized spacial score (nSPS) is 12.3. The first kappa shape index (κ1) is 19.0. The SMILES string of the molecule is Cc1ccc(F)c(-c2cnc(-n3cc(C(C)O)c4ccc(CC=O)cc43)nc2)c1. The summed E-state index contributed by atoms with van der Waals surface area (Å²) in [6.45, 7) is 3.60. The molecule has 146 valence electrons. The highest BCUT2D eigenvalue weighted by molar-refractivity contribution is 5.86. The lowest BCUT2D eigenvalue weighted by molar-refractivity contribution is -0.107. The molecule has 1 atom stereocenters. The van der Waals surface area contributed by atoms with Crippen molar-refractivity contribution in [3.8, 4) is 17.1 Å². The van der Waals surface area contributed by atoms with E-state index in [4.69, 9.17) is 0 Å². The molecule has 1 N–H and O–H groups in total. The molecule has 0 aliphatic carbocycles. The molecule has 4 rings (SSSR count). The van der Waals surface area contributed by atoms with E-state index in [1.807, 2.05) is 25.1 Å². The fourth-order valence-corrected chi connectivity index (χ4v) is 3.47. The quantitative estimate of drug-likeness (QED) is 0.516. The molecule has 0 saturated heterocycles. The molecular formula is C23H20FN3O2. The average molecular weight is 389 g/mol. The van der Waals surface area contributed by atoms with Gasteiger partial charge in [-0.25, -0.2) is 14.4 Å². The maximum absolute atomic E-state index is 14.2. The van der Waals surface area contributed by atoms with E-state index in [0.717, 1.165) is 33.9 Å². The van der Waals surface area contributed by atoms with Crippen molar-refractivity contribution in [2.24, 2.45) is 0 Å². The molecule has 0 radical (unpaired) electrons. The summed E-state index contributed by atoms with van der Waals surface area (Å²) in [5.74, 6) is 0.0789. The molecule has 6 heteroatoms. The number of aliphatic hydroxyl groups excluding tert-OH is 1. The summed E-state index contributed by atoms with van der Waals surface area (Å²) in [6.07, 6.45) is 5.45. The number of halogens is 1. The number of carbonyl (C=O) groups is 1. The Labute approximate surface area is 167 Å². The second-order valence-corrected chi connectivity index (χ2v) is 7.11. The Morgan fingerprint density at radius 2 is 1.93 bits per heavy atom. The largest absolute Gasteiger partial charge is 0.389 e. The number of carbonyl (C=O) groups excluding carboxylic acids is 1. The molecule has 0 fully saturated rings. The Balaban J connectivity index is 1.82. The van der Waals surface area contributed by atoms with Crippen molar-refractivity contribution >= 4 is 17.2 Å². The highest BCUT2D eigenvalue weighted by Gasteiger charge is 2.16. The monoisotopic (exact) mass is 389 g/mol. The van der Waals surface area contributed by atoms with Crippen LogP contribution in [-0.2, 0) is 11.2 Å². The number of aldehydes is 1. The van der Waals surface area contributed by atoms with Crippen molar-refractivity contribution in [3.63, 3.8) is 0 Å². The van der Waals surface area contributed by atoms with Crippen LogP contribution in [0.4, 0.5) is 4.39 Å². The lowest BCUT2D eigenvalue weighted by Gasteiger charge is -2.07. The number of hydrogen-bond donors (Lipinski definition) is 1. The first-order chi connectivity index (χ1) is 14.0. The lowest BCUT2D eigenvalue weighted by atomic mass is 10.1. The predicted molar refractivity (Wildman–Crippen MR) is 109 cm³/mol. The van der Waals surface area contributed by atoms with E-state index < -0.39 is 6.10 Å². The zero-order valence-electron chi connectivity index (χ0n) is 16.1. The van der Waals surface area contributed by atoms with Crippen molar-refractivity contribution in [1.29, 1.82) is 0 Å². The molecule has 0 amide bonds. The summed E-state index contributed by atoms with van der Waals surface area (Å²) in [5, 5.41) is 11.0. The number of benzene rings is 2. The van der Waals surface area contributed by atoms with Crippen LogP contribution in [-0.4, -0.2) is 25.9 Å². The van der Waals surface area contributed by atoms with E-state index in [2.05, 4.69) is 9.97 Å². The number of aromatic nitrogens is 3. The van der Waals surface area contributed by atoms with Crippen LogP contribution in [0.3, 0.4) is 0 Å². The molecule has 0 aliphatic rings. The lowest BCUT2D eigenvalue weighted by Crippen LogP contribution is -2.00. The van der Waals surface area contributed by atoms with Crippen LogP contribution in [0.1, 0.15) is 29.7 Å². The molecule has 0 spiro atoms. The van der Waals surface area contributed by atoms with E-state index in [1.54, 1.807) is 42.2 Å². The summed E-state index contributed by atoms with van der Waals surface area (Å²) in [7, 11) is 0. The van der Waals surface area contributed by atoms with Gasteiger partial charge >= 0.3 is 0 Å². The van der Waals surface area contributed by atoms with Gasteiger partial charge in [-0.15, -0.1) is 0 Å². The summed E-state index contributed by atoms with van der Waals surface area (Å²) < 4.78 is 16.0. The van der Waals surface area contributed by atoms with Crippen LogP contribution in [0.15, 0.2) is 55.0 Å². The van der Waals surface area contributed by atoms with Crippen LogP contribution < -0.4 is 0 Å². The highest BCUT2D eigenvalue weighted by Crippen LogP contribution is 2.30. The van der Waals surface area contributed by atoms with Crippen LogP contribution in [0.2, 0.25) is 0 Å². The van der Waals surface area contributed by atoms with Gasteiger partial charge in [0.1, 0.15) is 12.1 Å². The Morgan fingerprint density at radius 1 is 1.17 bits per heavy atom. The minimum atomic E-state index is -0.670. The first-order valence-electron chi connectivity index (χ1n) is 9.32. The number of aliphatic hydroxyl groups is 1. The summed E-state index contributed by atoms with van der Waals surface area (Å²) in [4.78, 5) is 19.8. The zero-order valence-corrected chi connectivity index (χ0v) is 16.1. The van der Waals surface area contributed by atoms with Crippen molar-refractivity contribution in [2.45, 2.75) is 26.4 Å². The molecule has 1 unspecified atom stereocenters. The first-order valence-corrected chi connectivity index (χ1v) is 9.32. The summed E-state index contributed by atoms with van der Waals surface area (Å²) in [5.41, 5.74) is 4.40. The average Bonchev–Trinajstić information content (AvgIpc) is 3.09. The van der Waals surface area contributed by atoms with Gasteiger partial charge in [0, 0.05) is 47.1 Å². The topological polar surface area (TPSA) is 68.0 Å². The molecular weight excluding hydrogens is 369 g/mol. The van der Waals surface area contributed by atoms with Crippen molar-refractivity contribution in [1.82, 2.24) is 14.5 Å². The number of rotatable bonds is 5. The number of nitrogens with zero attached hydrogens (tertiary/aromatic N) is 3. The van der Waals surface area contributed by atoms with E-state index in [1.165, 1.54) is 6.07 Å². The van der Waals surface area contributed by atoms with Gasteiger partial charge in [0.05, 0.1) is 11.6 Å². The molecule has 0 bridgehead atoms. The fourth-order valence-electron chi connectivity index (χ4n) is 3.47. The van der Waals surface area contributed by atoms with Gasteiger partial charge in [-0.05, 0) is 37.6 Å². The molecule has 2 aromatic carbocycles. The predicted octanol–water partition coefficient (Wildman–Crippen LogP) is 4.33. The minimum Gasteiger partial charge on any atom is -0.389 e. The van der Waals surface area contributed by atoms with Gasteiger partial charge in [0.25, 0.3) is 0 Å². The van der Waals surface area contributed by atoms with Gasteiger partial charge in [-0.3, -0.25) is 4.57 Å². The third-order valence-corrected chi connectivity index (χ3v) is 4.96. The van der Waals surface area contributed by atoms with Crippen molar-refractivity contribution in [2.75, 3.05) is 0 Å². The van der Waals surface area contributed by atoms with E-state index >= 15 is 0 Å². The van der Waals surface area contributed by atoms with Crippen LogP contribution >= 0.6 is 0 Å². The van der Waals surface area contributed by atoms with E-state index in [9.17, 15) is 14.3 Å². The molecule has 5 nitrogen and oxygen atoms in total. The highest BCUT2D eigenvalue weighted by atomic mass is 19.1. The summed E-state index contributed by atoms with van der Waals surface area (Å²) >= 11 is 0. The molecule has 2 aromatic heterocycles. The Kier molecular flexibility index (Phi) is 4.94. The van der Waals surface area contributed by atoms with Crippen molar-refractivity contribution in [3.05, 3.63) is 77.5 Å². The summed E-state index contributed by atoms with van der Waals surface area (Å²) in [6, 6.07) is 10.6. The van der Waals surface area contributed by atoms with E-state index in [0.29, 0.717) is 23.5 Å². The Bertz CT molecular complexity index is 1200. The zero-order chi connectivity index (χ0) is 20.5. The van der Waals surface area contributed by atoms with Crippen LogP contribution in [0.5, 0.6) is 0 Å². The maximum atomic E-state index is 14.2. The van der Waals surface area contributed by atoms with Gasteiger partial charge in [0.2, 0.25) is 5.95 Å². The number of aryl methyl sites for hydroxylation is 1. The molecule has 2 heterocycles. The standard InChI is InChI=1S/C23H20FN3O2/c1-14-3-6-21(24)19(9-14)17-11-25-23(26-12-17)27-13-20(15(2)29)18-5-4-16(7-8-28)10-22(18)27/h3-6,8-13,15,29H,7H2,1-2H3. The van der Waals surface area contributed by atoms with E-state index in [-0.39, 0.29) is 5.82 Å². The molecule has 29 heavy (non-hydrogen) atoms. The van der Waals surface area contributed by atoms with Gasteiger partial charge in [-0.2, -0.15) is 0 Å². The Hall–Kier alpha value is -3.38. The third-order valence-electron chi connectivity index (χ3n) is 4.96. The van der Waals surface area contributed by atoms with Gasteiger partial charge < -0.3 is 9.90 Å². The maximum Gasteiger partial charge on any atom is 0.234 e. The second-order valence-electron chi connectivity index (χ2n) is 7.11. The van der Waals surface area contributed by atoms with Crippen molar-refractivity contribution < 1.29 is 14.3 Å².